The molecule has 31 nitrogen and oxygen atoms in total. The van der Waals surface area contributed by atoms with E-state index >= 15 is 4.79 Å². The monoisotopic (exact) mass is 1430 g/mol. The van der Waals surface area contributed by atoms with Crippen molar-refractivity contribution < 1.29 is 153 Å². The lowest BCUT2D eigenvalue weighted by atomic mass is 9.33. The van der Waals surface area contributed by atoms with E-state index in [1.165, 1.54) is 34.0 Å². The maximum absolute atomic E-state index is 15.9. The van der Waals surface area contributed by atoms with Gasteiger partial charge < -0.3 is 139 Å². The molecule has 0 spiro atoms. The van der Waals surface area contributed by atoms with Gasteiger partial charge in [0.05, 0.1) is 62.7 Å². The van der Waals surface area contributed by atoms with E-state index in [2.05, 4.69) is 26.8 Å². The smallest absolute Gasteiger partial charge is 0.331 e. The third kappa shape index (κ3) is 13.3. The number of aliphatic carboxylic acids is 1. The van der Waals surface area contributed by atoms with Crippen LogP contribution in [0.15, 0.2) is 42.0 Å². The lowest BCUT2D eigenvalue weighted by Gasteiger charge is -2.71. The minimum absolute atomic E-state index is 0.00578. The van der Waals surface area contributed by atoms with Gasteiger partial charge in [-0.05, 0) is 136 Å². The van der Waals surface area contributed by atoms with Crippen molar-refractivity contribution in [3.63, 3.8) is 0 Å². The van der Waals surface area contributed by atoms with E-state index in [0.717, 1.165) is 11.6 Å². The number of aliphatic hydroxyl groups excluding tert-OH is 15. The van der Waals surface area contributed by atoms with Crippen LogP contribution in [0.4, 0.5) is 0 Å². The van der Waals surface area contributed by atoms with Crippen LogP contribution >= 0.6 is 0 Å². The number of fused-ring (bicyclic) bond motifs is 7. The van der Waals surface area contributed by atoms with E-state index in [-0.39, 0.29) is 50.0 Å². The van der Waals surface area contributed by atoms with Crippen LogP contribution in [0.2, 0.25) is 0 Å². The van der Waals surface area contributed by atoms with Gasteiger partial charge in [-0.25, -0.2) is 4.79 Å². The van der Waals surface area contributed by atoms with Gasteiger partial charge in [-0.3, -0.25) is 9.59 Å². The first-order valence-electron chi connectivity index (χ1n) is 34.6. The highest BCUT2D eigenvalue weighted by Crippen LogP contribution is 2.76. The number of carboxylic acid groups (broad SMARTS) is 1. The van der Waals surface area contributed by atoms with E-state index in [0.29, 0.717) is 37.0 Å². The summed E-state index contributed by atoms with van der Waals surface area (Å²) in [5.74, 6) is -4.08. The molecule has 100 heavy (non-hydrogen) atoms. The number of benzene rings is 1. The molecule has 5 heterocycles. The first-order valence-corrected chi connectivity index (χ1v) is 34.6. The fourth-order valence-corrected chi connectivity index (χ4v) is 19.1. The molecular formula is C69H102O31. The highest BCUT2D eigenvalue weighted by molar-refractivity contribution is 5.87. The summed E-state index contributed by atoms with van der Waals surface area (Å²) in [5.41, 5.74) is -4.91. The Balaban J connectivity index is 0.855. The first-order chi connectivity index (χ1) is 47.1. The molecule has 16 N–H and O–H groups in total. The summed E-state index contributed by atoms with van der Waals surface area (Å²) in [7, 11) is 1.50. The molecule has 9 fully saturated rings. The maximum Gasteiger partial charge on any atom is 0.331 e. The zero-order chi connectivity index (χ0) is 72.8. The van der Waals surface area contributed by atoms with E-state index < -0.39 is 236 Å². The van der Waals surface area contributed by atoms with Crippen LogP contribution in [0.1, 0.15) is 112 Å². The highest BCUT2D eigenvalue weighted by atomic mass is 16.8. The molecule has 10 aliphatic rings. The predicted molar refractivity (Wildman–Crippen MR) is 337 cm³/mol. The van der Waals surface area contributed by atoms with E-state index in [1.807, 2.05) is 6.92 Å². The number of carbonyl (C=O) groups excluding carboxylic acids is 2. The van der Waals surface area contributed by atoms with Gasteiger partial charge in [-0.15, -0.1) is 0 Å². The van der Waals surface area contributed by atoms with Crippen molar-refractivity contribution in [3.05, 3.63) is 47.6 Å². The SMILES string of the molecule is COc1ccc(C=CC(=O)OC2C(C)OC(OC(=O)C34CCC(C)(C)CC3C3=CCC5C6(C)CC(O)C(OC7OC(CO)C(O)C(O)C7O)C(C)(C(=O)O)C6CCC5(C)C3(CO)CC4)C(OC3OC(C)C(OC4OCC(O)C(OC5OC(CO)C(O)C(O)C5O)C4O)C(O)C3O)C2O)cc1. The van der Waals surface area contributed by atoms with Gasteiger partial charge in [0.2, 0.25) is 6.29 Å². The zero-order valence-electron chi connectivity index (χ0n) is 57.3. The van der Waals surface area contributed by atoms with Gasteiger partial charge in [-0.1, -0.05) is 51.5 Å². The van der Waals surface area contributed by atoms with Gasteiger partial charge in [0.1, 0.15) is 103 Å². The molecule has 0 bridgehead atoms. The Labute approximate surface area is 578 Å². The summed E-state index contributed by atoms with van der Waals surface area (Å²) in [6.07, 6.45) is -37.2. The molecule has 5 saturated heterocycles. The van der Waals surface area contributed by atoms with Crippen molar-refractivity contribution in [2.24, 2.45) is 50.2 Å². The second kappa shape index (κ2) is 29.4. The quantitative estimate of drug-likeness (QED) is 0.0320. The van der Waals surface area contributed by atoms with Crippen molar-refractivity contribution in [1.82, 2.24) is 0 Å². The molecule has 4 saturated carbocycles. The van der Waals surface area contributed by atoms with Gasteiger partial charge in [0.25, 0.3) is 0 Å². The van der Waals surface area contributed by atoms with Crippen molar-refractivity contribution in [2.75, 3.05) is 33.5 Å². The summed E-state index contributed by atoms with van der Waals surface area (Å²) in [6.45, 7) is 10.1. The number of esters is 2. The van der Waals surface area contributed by atoms with Crippen molar-refractivity contribution in [2.45, 2.75) is 266 Å². The molecule has 31 heteroatoms. The zero-order valence-corrected chi connectivity index (χ0v) is 57.3. The lowest BCUT2D eigenvalue weighted by Crippen LogP contribution is -2.71. The maximum atomic E-state index is 15.9. The van der Waals surface area contributed by atoms with Gasteiger partial charge in [0, 0.05) is 11.5 Å². The Morgan fingerprint density at radius 3 is 1.75 bits per heavy atom. The topological polar surface area (TPSA) is 486 Å². The number of carboxylic acids is 1. The van der Waals surface area contributed by atoms with Crippen LogP contribution < -0.4 is 4.74 Å². The molecule has 0 amide bonds. The number of aliphatic hydroxyl groups is 15. The molecule has 34 atom stereocenters. The number of ether oxygens (including phenoxy) is 12. The Morgan fingerprint density at radius 1 is 0.570 bits per heavy atom. The molecule has 564 valence electrons. The summed E-state index contributed by atoms with van der Waals surface area (Å²) < 4.78 is 71.2. The van der Waals surface area contributed by atoms with E-state index in [1.54, 1.807) is 24.3 Å². The molecule has 0 radical (unpaired) electrons. The average molecular weight is 1430 g/mol. The third-order valence-electron chi connectivity index (χ3n) is 24.8. The molecule has 11 rings (SSSR count). The molecule has 1 aromatic rings. The number of rotatable bonds is 18. The first kappa shape index (κ1) is 77.1. The number of methoxy groups -OCH3 is 1. The highest BCUT2D eigenvalue weighted by Gasteiger charge is 2.74. The second-order valence-corrected chi connectivity index (χ2v) is 31.0. The number of hydrogen-bond acceptors (Lipinski definition) is 30. The van der Waals surface area contributed by atoms with Crippen molar-refractivity contribution in [3.8, 4) is 5.75 Å². The minimum Gasteiger partial charge on any atom is -0.497 e. The molecular weight excluding hydrogens is 1320 g/mol. The molecule has 1 aromatic carbocycles. The Hall–Kier alpha value is -4.05. The van der Waals surface area contributed by atoms with Crippen LogP contribution in [0.5, 0.6) is 5.75 Å². The van der Waals surface area contributed by atoms with Gasteiger partial charge in [0.15, 0.2) is 37.4 Å². The molecule has 5 aliphatic heterocycles. The van der Waals surface area contributed by atoms with Crippen molar-refractivity contribution >= 4 is 24.0 Å². The summed E-state index contributed by atoms with van der Waals surface area (Å²) in [6, 6.07) is 6.74. The lowest BCUT2D eigenvalue weighted by molar-refractivity contribution is -0.380. The summed E-state index contributed by atoms with van der Waals surface area (Å²) >= 11 is 0. The fourth-order valence-electron chi connectivity index (χ4n) is 19.1. The van der Waals surface area contributed by atoms with Crippen LogP contribution in [-0.4, -0.2) is 293 Å². The molecule has 0 aromatic heterocycles. The van der Waals surface area contributed by atoms with Crippen LogP contribution in [-0.2, 0) is 66.5 Å². The van der Waals surface area contributed by atoms with E-state index in [9.17, 15) is 91.3 Å². The predicted octanol–water partition coefficient (Wildman–Crippen LogP) is -2.24. The van der Waals surface area contributed by atoms with Gasteiger partial charge >= 0.3 is 17.9 Å². The van der Waals surface area contributed by atoms with Crippen LogP contribution in [0.25, 0.3) is 6.08 Å². The fraction of sp³-hybridized carbons (Fsp3) is 0.812. The largest absolute Gasteiger partial charge is 0.497 e. The Morgan fingerprint density at radius 2 is 1.14 bits per heavy atom. The number of hydrogen-bond donors (Lipinski definition) is 16. The van der Waals surface area contributed by atoms with Gasteiger partial charge in [-0.2, -0.15) is 0 Å². The Kier molecular flexibility index (Phi) is 22.6. The summed E-state index contributed by atoms with van der Waals surface area (Å²) in [5, 5.41) is 178. The number of carbonyl (C=O) groups is 3. The second-order valence-electron chi connectivity index (χ2n) is 31.0. The third-order valence-corrected chi connectivity index (χ3v) is 24.8. The average Bonchev–Trinajstić information content (AvgIpc) is 0.669. The Bertz CT molecular complexity index is 3100. The number of allylic oxidation sites excluding steroid dienone is 1. The minimum atomic E-state index is -2.08. The van der Waals surface area contributed by atoms with Crippen LogP contribution in [0, 0.1) is 50.2 Å². The van der Waals surface area contributed by atoms with Crippen LogP contribution in [0.3, 0.4) is 0 Å². The normalized spacial score (nSPS) is 49.4. The molecule has 34 unspecified atom stereocenters. The van der Waals surface area contributed by atoms with Crippen molar-refractivity contribution in [1.29, 1.82) is 0 Å². The van der Waals surface area contributed by atoms with E-state index in [4.69, 9.17) is 56.8 Å². The molecule has 5 aliphatic carbocycles. The summed E-state index contributed by atoms with van der Waals surface area (Å²) in [4.78, 5) is 43.5. The standard InChI is InChI=1S/C69H102O31/c1-29-52(96-57-51(85)54(36(74)27-90-57)97-59-47(81)44(78)42(76)37(25-70)93-59)46(80)49(83)58(91-29)98-55-50(84)53(95-41(75)16-11-31-9-12-32(89-8)13-10-31)30(2)92-61(55)100-63(88)68-20-19-64(3,4)23-34(68)33-14-15-39-65(5)24-35(73)56(99-60-48(82)45(79)43(77)38(26-71)94-60)67(7,62(86)87)40(65)17-18-66(39,6)69(33,28-72)22-21-68/h9-14,16,29-30,34-40,42-61,70-74,76-85H,15,17-28H2,1-8H3,(H,86,87).